The quantitative estimate of drug-likeness (QED) is 0.342. The first-order valence-electron chi connectivity index (χ1n) is 11.6. The fourth-order valence-electron chi connectivity index (χ4n) is 4.32. The third kappa shape index (κ3) is 4.90. The summed E-state index contributed by atoms with van der Waals surface area (Å²) in [5, 5.41) is 6.63. The second-order valence-corrected chi connectivity index (χ2v) is 10.4. The lowest BCUT2D eigenvalue weighted by Gasteiger charge is -2.41. The van der Waals surface area contributed by atoms with Crippen LogP contribution in [0, 0.1) is 6.92 Å². The highest BCUT2D eigenvalue weighted by Crippen LogP contribution is 2.36. The third-order valence-corrected chi connectivity index (χ3v) is 7.77. The van der Waals surface area contributed by atoms with Crippen molar-refractivity contribution >= 4 is 15.7 Å². The molecule has 5 rings (SSSR count). The van der Waals surface area contributed by atoms with E-state index in [9.17, 15) is 8.42 Å². The van der Waals surface area contributed by atoms with Crippen LogP contribution in [-0.4, -0.2) is 23.7 Å². The molecule has 0 N–H and O–H groups in total. The molecule has 0 amide bonds. The molecule has 1 aliphatic rings. The lowest BCUT2D eigenvalue weighted by Crippen LogP contribution is -2.48. The van der Waals surface area contributed by atoms with Crippen molar-refractivity contribution < 1.29 is 8.42 Å². The van der Waals surface area contributed by atoms with E-state index >= 15 is 0 Å². The fraction of sp³-hybridized carbons (Fsp3) is 0.138. The summed E-state index contributed by atoms with van der Waals surface area (Å²) in [5.74, 6) is 0. The monoisotopic (exact) mass is 481 g/mol. The number of rotatable bonds is 6. The Hall–Kier alpha value is -3.74. The van der Waals surface area contributed by atoms with Crippen LogP contribution < -0.4 is 0 Å². The highest BCUT2D eigenvalue weighted by molar-refractivity contribution is 7.89. The maximum absolute atomic E-state index is 14.0. The summed E-state index contributed by atoms with van der Waals surface area (Å²) in [5.41, 5.74) is 4.70. The van der Waals surface area contributed by atoms with Gasteiger partial charge in [0.05, 0.1) is 16.6 Å². The lowest BCUT2D eigenvalue weighted by molar-refractivity contribution is -0.00383. The van der Waals surface area contributed by atoms with Gasteiger partial charge in [0.2, 0.25) is 0 Å². The second-order valence-electron chi connectivity index (χ2n) is 8.67. The Balaban J connectivity index is 1.68. The van der Waals surface area contributed by atoms with Crippen molar-refractivity contribution in [2.75, 3.05) is 0 Å². The predicted molar refractivity (Wildman–Crippen MR) is 139 cm³/mol. The SMILES string of the molecule is Cc1ccc(S(=O)(=O)N2N=C(c3ccccc3)CC(c3ccccc3)N2Cc2ccccc2)cc1. The second kappa shape index (κ2) is 9.86. The van der Waals surface area contributed by atoms with Gasteiger partial charge in [0.15, 0.2) is 0 Å². The van der Waals surface area contributed by atoms with E-state index in [-0.39, 0.29) is 10.9 Å². The molecule has 0 aliphatic carbocycles. The summed E-state index contributed by atoms with van der Waals surface area (Å²) in [6.45, 7) is 2.34. The van der Waals surface area contributed by atoms with Gasteiger partial charge >= 0.3 is 0 Å². The van der Waals surface area contributed by atoms with Crippen molar-refractivity contribution in [2.45, 2.75) is 30.8 Å². The van der Waals surface area contributed by atoms with Crippen LogP contribution >= 0.6 is 0 Å². The van der Waals surface area contributed by atoms with Crippen molar-refractivity contribution in [2.24, 2.45) is 5.10 Å². The summed E-state index contributed by atoms with van der Waals surface area (Å²) >= 11 is 0. The molecule has 1 unspecified atom stereocenters. The number of hydrazone groups is 1. The number of hydrogen-bond donors (Lipinski definition) is 0. The van der Waals surface area contributed by atoms with E-state index in [1.807, 2.05) is 115 Å². The maximum Gasteiger partial charge on any atom is 0.293 e. The normalized spacial score (nSPS) is 16.7. The zero-order valence-corrected chi connectivity index (χ0v) is 20.3. The van der Waals surface area contributed by atoms with Gasteiger partial charge < -0.3 is 0 Å². The molecule has 0 saturated carbocycles. The van der Waals surface area contributed by atoms with Gasteiger partial charge in [0.1, 0.15) is 0 Å². The van der Waals surface area contributed by atoms with Crippen molar-refractivity contribution in [3.8, 4) is 0 Å². The van der Waals surface area contributed by atoms with Gasteiger partial charge in [0, 0.05) is 13.0 Å². The Morgan fingerprint density at radius 3 is 1.97 bits per heavy atom. The molecule has 0 fully saturated rings. The zero-order chi connectivity index (χ0) is 24.3. The van der Waals surface area contributed by atoms with Gasteiger partial charge in [-0.2, -0.15) is 13.4 Å². The summed E-state index contributed by atoms with van der Waals surface area (Å²) in [6, 6.07) is 36.5. The molecule has 35 heavy (non-hydrogen) atoms. The highest BCUT2D eigenvalue weighted by atomic mass is 32.2. The Morgan fingerprint density at radius 2 is 1.34 bits per heavy atom. The molecular weight excluding hydrogens is 454 g/mol. The van der Waals surface area contributed by atoms with Crippen LogP contribution in [0.2, 0.25) is 0 Å². The van der Waals surface area contributed by atoms with Gasteiger partial charge in [-0.3, -0.25) is 0 Å². The number of benzene rings is 4. The minimum Gasteiger partial charge on any atom is -0.198 e. The summed E-state index contributed by atoms with van der Waals surface area (Å²) in [7, 11) is -3.96. The van der Waals surface area contributed by atoms with Crippen LogP contribution in [0.5, 0.6) is 0 Å². The largest absolute Gasteiger partial charge is 0.293 e. The van der Waals surface area contributed by atoms with Crippen LogP contribution in [0.15, 0.2) is 125 Å². The molecule has 4 aromatic rings. The van der Waals surface area contributed by atoms with Crippen molar-refractivity contribution in [3.05, 3.63) is 138 Å². The minimum absolute atomic E-state index is 0.214. The molecule has 0 spiro atoms. The standard InChI is InChI=1S/C29H27N3O2S/c1-23-17-19-27(20-18-23)35(33,34)32-30-28(25-13-7-3-8-14-25)21-29(26-15-9-4-10-16-26)31(32)22-24-11-5-2-6-12-24/h2-20,29H,21-22H2,1H3. The van der Waals surface area contributed by atoms with Crippen LogP contribution in [0.25, 0.3) is 0 Å². The number of hydrogen-bond acceptors (Lipinski definition) is 4. The third-order valence-electron chi connectivity index (χ3n) is 6.19. The van der Waals surface area contributed by atoms with E-state index in [1.54, 1.807) is 12.1 Å². The average molecular weight is 482 g/mol. The van der Waals surface area contributed by atoms with Gasteiger partial charge in [-0.25, -0.2) is 0 Å². The van der Waals surface area contributed by atoms with E-state index in [0.29, 0.717) is 13.0 Å². The summed E-state index contributed by atoms with van der Waals surface area (Å²) in [6.07, 6.45) is 0.584. The van der Waals surface area contributed by atoms with Crippen molar-refractivity contribution in [1.82, 2.24) is 9.53 Å². The summed E-state index contributed by atoms with van der Waals surface area (Å²) < 4.78 is 29.3. The summed E-state index contributed by atoms with van der Waals surface area (Å²) in [4.78, 5) is 0.214. The van der Waals surface area contributed by atoms with E-state index < -0.39 is 10.0 Å². The Morgan fingerprint density at radius 1 is 0.771 bits per heavy atom. The van der Waals surface area contributed by atoms with Crippen LogP contribution in [0.1, 0.15) is 34.7 Å². The number of nitrogens with zero attached hydrogens (tertiary/aromatic N) is 3. The van der Waals surface area contributed by atoms with Crippen LogP contribution in [0.4, 0.5) is 0 Å². The molecule has 0 radical (unpaired) electrons. The van der Waals surface area contributed by atoms with Gasteiger partial charge in [-0.1, -0.05) is 109 Å². The molecule has 176 valence electrons. The van der Waals surface area contributed by atoms with Crippen molar-refractivity contribution in [3.63, 3.8) is 0 Å². The zero-order valence-electron chi connectivity index (χ0n) is 19.5. The maximum atomic E-state index is 14.0. The highest BCUT2D eigenvalue weighted by Gasteiger charge is 2.39. The Labute approximate surface area is 207 Å². The Bertz CT molecular complexity index is 1410. The van der Waals surface area contributed by atoms with Crippen molar-refractivity contribution in [1.29, 1.82) is 0 Å². The molecule has 0 aromatic heterocycles. The first-order valence-corrected chi connectivity index (χ1v) is 13.1. The molecule has 1 atom stereocenters. The predicted octanol–water partition coefficient (Wildman–Crippen LogP) is 5.95. The lowest BCUT2D eigenvalue weighted by atomic mass is 9.96. The van der Waals surface area contributed by atoms with E-state index in [1.165, 1.54) is 4.52 Å². The van der Waals surface area contributed by atoms with Crippen LogP contribution in [0.3, 0.4) is 0 Å². The number of aryl methyl sites for hydroxylation is 1. The molecule has 0 saturated heterocycles. The molecule has 1 aliphatic heterocycles. The smallest absolute Gasteiger partial charge is 0.198 e. The van der Waals surface area contributed by atoms with E-state index in [0.717, 1.165) is 28.0 Å². The number of sulfonamides is 1. The first kappa shape index (κ1) is 23.0. The van der Waals surface area contributed by atoms with E-state index in [4.69, 9.17) is 5.10 Å². The number of hydrazine groups is 1. The first-order chi connectivity index (χ1) is 17.0. The van der Waals surface area contributed by atoms with Gasteiger partial charge in [-0.15, -0.1) is 9.62 Å². The molecule has 0 bridgehead atoms. The van der Waals surface area contributed by atoms with E-state index in [2.05, 4.69) is 0 Å². The molecular formula is C29H27N3O2S. The Kier molecular flexibility index (Phi) is 6.49. The molecule has 1 heterocycles. The topological polar surface area (TPSA) is 53.0 Å². The molecule has 5 nitrogen and oxygen atoms in total. The molecule has 6 heteroatoms. The van der Waals surface area contributed by atoms with Gasteiger partial charge in [0.25, 0.3) is 10.0 Å². The average Bonchev–Trinajstić information content (AvgIpc) is 2.90. The van der Waals surface area contributed by atoms with Crippen LogP contribution in [-0.2, 0) is 16.6 Å². The molecule has 4 aromatic carbocycles. The fourth-order valence-corrected chi connectivity index (χ4v) is 5.64. The van der Waals surface area contributed by atoms with Gasteiger partial charge in [-0.05, 0) is 35.7 Å². The minimum atomic E-state index is -3.96.